The highest BCUT2D eigenvalue weighted by Gasteiger charge is 2.71. The fourth-order valence-corrected chi connectivity index (χ4v) is 16.9. The minimum atomic E-state index is -2.69. The molecule has 0 amide bonds. The van der Waals surface area contributed by atoms with E-state index in [0.29, 0.717) is 23.7 Å². The molecule has 1 unspecified atom stereocenters. The van der Waals surface area contributed by atoms with Gasteiger partial charge in [0.1, 0.15) is 11.4 Å². The number of fused-ring (bicyclic) bond motifs is 8. The van der Waals surface area contributed by atoms with Crippen LogP contribution in [0.2, 0.25) is 5.04 Å². The Labute approximate surface area is 288 Å². The summed E-state index contributed by atoms with van der Waals surface area (Å²) in [6.07, 6.45) is 8.87. The molecule has 0 spiro atoms. The van der Waals surface area contributed by atoms with Crippen LogP contribution in [0.15, 0.2) is 83.5 Å². The van der Waals surface area contributed by atoms with Gasteiger partial charge in [0.25, 0.3) is 8.32 Å². The number of ether oxygens (including phenoxy) is 2. The molecule has 0 radical (unpaired) electrons. The van der Waals surface area contributed by atoms with Gasteiger partial charge in [-0.05, 0) is 115 Å². The van der Waals surface area contributed by atoms with Gasteiger partial charge in [0.15, 0.2) is 5.79 Å². The van der Waals surface area contributed by atoms with Gasteiger partial charge in [-0.1, -0.05) is 95.3 Å². The number of furan rings is 1. The van der Waals surface area contributed by atoms with E-state index >= 15 is 0 Å². The topological polar surface area (TPSA) is 61.1 Å². The van der Waals surface area contributed by atoms with E-state index in [9.17, 15) is 5.11 Å². The van der Waals surface area contributed by atoms with E-state index in [0.717, 1.165) is 50.7 Å². The Morgan fingerprint density at radius 1 is 0.729 bits per heavy atom. The van der Waals surface area contributed by atoms with Crippen molar-refractivity contribution in [3.05, 3.63) is 84.8 Å². The lowest BCUT2D eigenvalue weighted by atomic mass is 9.43. The number of aliphatic hydroxyl groups is 1. The van der Waals surface area contributed by atoms with Crippen molar-refractivity contribution in [3.8, 4) is 0 Å². The number of hydrogen-bond donors (Lipinski definition) is 1. The monoisotopic (exact) mass is 668 g/mol. The van der Waals surface area contributed by atoms with E-state index in [1.54, 1.807) is 6.26 Å². The number of hydrogen-bond acceptors (Lipinski definition) is 5. The Kier molecular flexibility index (Phi) is 7.65. The van der Waals surface area contributed by atoms with Crippen molar-refractivity contribution < 1.29 is 23.4 Å². The molecule has 5 fully saturated rings. The first-order valence-electron chi connectivity index (χ1n) is 18.6. The minimum Gasteiger partial charge on any atom is -0.466 e. The summed E-state index contributed by atoms with van der Waals surface area (Å²) >= 11 is 0. The molecule has 258 valence electrons. The van der Waals surface area contributed by atoms with Crippen LogP contribution in [0.3, 0.4) is 0 Å². The summed E-state index contributed by atoms with van der Waals surface area (Å²) in [5.74, 6) is 1.65. The highest BCUT2D eigenvalue weighted by Crippen LogP contribution is 2.71. The molecule has 1 aliphatic heterocycles. The van der Waals surface area contributed by atoms with E-state index < -0.39 is 19.7 Å². The predicted octanol–water partition coefficient (Wildman–Crippen LogP) is 8.20. The number of benzene rings is 2. The quantitative estimate of drug-likeness (QED) is 0.278. The van der Waals surface area contributed by atoms with Gasteiger partial charge in [-0.3, -0.25) is 0 Å². The standard InChI is InChI=1S/C42H56O5Si/c1-38(2,3)48(29-15-10-8-11-16-29,30-17-12-9-13-18-30)47-28-20-23-40(6)31-21-24-41(7)32(22-25-42(41,43)34-19-14-26-44-34)35(31)37-36(33(40)27-28)45-39(4,5)46-37/h8-19,26,28,31-33,35-37,43H,20-25,27H2,1-7H3/t28-,31-,32-,33+,35?,36+,37+,40+,41-,42+/m0/s1. The molecule has 1 saturated heterocycles. The Bertz CT molecular complexity index is 1560. The Morgan fingerprint density at radius 2 is 1.35 bits per heavy atom. The maximum atomic E-state index is 12.4. The van der Waals surface area contributed by atoms with Crippen molar-refractivity contribution in [3.63, 3.8) is 0 Å². The molecule has 5 nitrogen and oxygen atoms in total. The molecule has 0 bridgehead atoms. The average molecular weight is 669 g/mol. The minimum absolute atomic E-state index is 0.0106. The number of rotatable bonds is 5. The van der Waals surface area contributed by atoms with Gasteiger partial charge in [-0.25, -0.2) is 0 Å². The van der Waals surface area contributed by atoms with Crippen LogP contribution in [0.25, 0.3) is 0 Å². The first kappa shape index (κ1) is 33.0. The summed E-state index contributed by atoms with van der Waals surface area (Å²) < 4.78 is 27.7. The fourth-order valence-electron chi connectivity index (χ4n) is 12.1. The zero-order valence-electron chi connectivity index (χ0n) is 30.1. The smallest absolute Gasteiger partial charge is 0.261 e. The normalized spacial score (nSPS) is 40.5. The van der Waals surface area contributed by atoms with Crippen molar-refractivity contribution in [2.24, 2.45) is 34.5 Å². The van der Waals surface area contributed by atoms with Gasteiger partial charge in [0, 0.05) is 11.5 Å². The Hall–Kier alpha value is -2.22. The molecule has 5 aliphatic rings. The third-order valence-corrected chi connectivity index (χ3v) is 19.4. The molecule has 4 aliphatic carbocycles. The van der Waals surface area contributed by atoms with Crippen LogP contribution in [0.1, 0.15) is 99.2 Å². The average Bonchev–Trinajstić information content (AvgIpc) is 3.77. The highest BCUT2D eigenvalue weighted by atomic mass is 28.4. The molecule has 2 heterocycles. The van der Waals surface area contributed by atoms with Gasteiger partial charge in [0.05, 0.1) is 18.5 Å². The maximum absolute atomic E-state index is 12.4. The first-order valence-corrected chi connectivity index (χ1v) is 20.6. The van der Waals surface area contributed by atoms with Crippen LogP contribution >= 0.6 is 0 Å². The lowest BCUT2D eigenvalue weighted by molar-refractivity contribution is -0.207. The van der Waals surface area contributed by atoms with Gasteiger partial charge >= 0.3 is 0 Å². The van der Waals surface area contributed by atoms with Crippen LogP contribution in [-0.2, 0) is 19.5 Å². The zero-order valence-corrected chi connectivity index (χ0v) is 31.1. The first-order chi connectivity index (χ1) is 22.7. The summed E-state index contributed by atoms with van der Waals surface area (Å²) in [5.41, 5.74) is -1.09. The Morgan fingerprint density at radius 3 is 1.96 bits per heavy atom. The molecular weight excluding hydrogens is 613 g/mol. The van der Waals surface area contributed by atoms with E-state index in [-0.39, 0.29) is 34.2 Å². The predicted molar refractivity (Wildman–Crippen MR) is 191 cm³/mol. The van der Waals surface area contributed by atoms with Crippen molar-refractivity contribution >= 4 is 18.7 Å². The van der Waals surface area contributed by atoms with Crippen molar-refractivity contribution in [1.29, 1.82) is 0 Å². The van der Waals surface area contributed by atoms with Crippen molar-refractivity contribution in [2.75, 3.05) is 0 Å². The lowest BCUT2D eigenvalue weighted by Crippen LogP contribution is -2.69. The maximum Gasteiger partial charge on any atom is 0.261 e. The van der Waals surface area contributed by atoms with E-state index in [4.69, 9.17) is 18.3 Å². The summed E-state index contributed by atoms with van der Waals surface area (Å²) in [6.45, 7) is 16.3. The summed E-state index contributed by atoms with van der Waals surface area (Å²) in [4.78, 5) is 0. The lowest BCUT2D eigenvalue weighted by Gasteiger charge is -2.64. The van der Waals surface area contributed by atoms with Crippen molar-refractivity contribution in [2.45, 2.75) is 128 Å². The molecule has 6 heteroatoms. The van der Waals surface area contributed by atoms with E-state index in [1.807, 2.05) is 12.1 Å². The summed E-state index contributed by atoms with van der Waals surface area (Å²) in [7, 11) is -2.69. The molecule has 48 heavy (non-hydrogen) atoms. The van der Waals surface area contributed by atoms with Gasteiger partial charge in [-0.15, -0.1) is 0 Å². The molecule has 10 atom stereocenters. The van der Waals surface area contributed by atoms with E-state index in [1.165, 1.54) is 10.4 Å². The van der Waals surface area contributed by atoms with Crippen molar-refractivity contribution in [1.82, 2.24) is 0 Å². The molecular formula is C42H56O5Si. The molecule has 8 rings (SSSR count). The van der Waals surface area contributed by atoms with Crippen LogP contribution in [0, 0.1) is 34.5 Å². The SMILES string of the molecule is CC1(C)O[C@H]2[C@H](O1)C1[C@H](CC[C@@]3(C)[C@H]1CC[C@@]3(O)c1ccco1)[C@@]1(C)CC[C@H](O[Si](c3ccccc3)(c3ccccc3)C(C)(C)C)C[C@H]21. The van der Waals surface area contributed by atoms with Gasteiger partial charge in [-0.2, -0.15) is 0 Å². The highest BCUT2D eigenvalue weighted by molar-refractivity contribution is 6.99. The van der Waals surface area contributed by atoms with Crippen LogP contribution in [0.5, 0.6) is 0 Å². The second-order valence-electron chi connectivity index (χ2n) is 18.0. The molecule has 1 N–H and O–H groups in total. The molecule has 1 aromatic heterocycles. The molecule has 4 saturated carbocycles. The third-order valence-electron chi connectivity index (χ3n) is 14.3. The largest absolute Gasteiger partial charge is 0.466 e. The second-order valence-corrected chi connectivity index (χ2v) is 22.2. The van der Waals surface area contributed by atoms with Crippen LogP contribution in [0.4, 0.5) is 0 Å². The third kappa shape index (κ3) is 4.61. The fraction of sp³-hybridized carbons (Fsp3) is 0.619. The zero-order chi connectivity index (χ0) is 33.7. The van der Waals surface area contributed by atoms with E-state index in [2.05, 4.69) is 109 Å². The summed E-state index contributed by atoms with van der Waals surface area (Å²) in [5, 5.41) is 15.0. The van der Waals surface area contributed by atoms with Crippen LogP contribution in [-0.4, -0.2) is 37.5 Å². The van der Waals surface area contributed by atoms with Gasteiger partial charge < -0.3 is 23.4 Å². The molecule has 2 aromatic carbocycles. The molecule has 3 aromatic rings. The van der Waals surface area contributed by atoms with Gasteiger partial charge in [0.2, 0.25) is 0 Å². The summed E-state index contributed by atoms with van der Waals surface area (Å²) in [6, 6.07) is 26.1. The Balaban J connectivity index is 1.16. The second kappa shape index (κ2) is 11.1. The van der Waals surface area contributed by atoms with Crippen LogP contribution < -0.4 is 10.4 Å².